The van der Waals surface area contributed by atoms with Gasteiger partial charge in [-0.2, -0.15) is 0 Å². The first-order chi connectivity index (χ1) is 18.9. The third-order valence-electron chi connectivity index (χ3n) is 7.61. The molecule has 4 aromatic rings. The molecule has 202 valence electrons. The Labute approximate surface area is 232 Å². The molecule has 39 heavy (non-hydrogen) atoms. The highest BCUT2D eigenvalue weighted by atomic mass is 28.4. The smallest absolute Gasteiger partial charge is 0.261 e. The molecule has 0 aliphatic carbocycles. The SMILES string of the molecule is CC(C)(C)[Si](OC[C@H]1O[C@@H](c2cccc(F)c2)C[C@@H]1OCc1ccccc1)(c1ccccc1)c1ccccc1. The van der Waals surface area contributed by atoms with Crippen molar-refractivity contribution >= 4 is 18.7 Å². The van der Waals surface area contributed by atoms with E-state index in [4.69, 9.17) is 13.9 Å². The summed E-state index contributed by atoms with van der Waals surface area (Å²) in [6.07, 6.45) is -0.0834. The van der Waals surface area contributed by atoms with Gasteiger partial charge in [-0.1, -0.05) is 124 Å². The molecular weight excluding hydrogens is 503 g/mol. The number of rotatable bonds is 9. The average Bonchev–Trinajstić information content (AvgIpc) is 3.36. The highest BCUT2D eigenvalue weighted by Crippen LogP contribution is 2.39. The van der Waals surface area contributed by atoms with Crippen LogP contribution in [-0.2, 0) is 20.5 Å². The van der Waals surface area contributed by atoms with Gasteiger partial charge in [0.05, 0.1) is 25.4 Å². The summed E-state index contributed by atoms with van der Waals surface area (Å²) in [4.78, 5) is 0. The van der Waals surface area contributed by atoms with Crippen molar-refractivity contribution in [2.45, 2.75) is 57.1 Å². The molecule has 0 aromatic heterocycles. The summed E-state index contributed by atoms with van der Waals surface area (Å²) in [7, 11) is -2.74. The van der Waals surface area contributed by atoms with Gasteiger partial charge in [-0.3, -0.25) is 0 Å². The van der Waals surface area contributed by atoms with E-state index in [0.717, 1.165) is 11.1 Å². The Morgan fingerprint density at radius 3 is 1.95 bits per heavy atom. The Morgan fingerprint density at radius 2 is 1.38 bits per heavy atom. The normalized spacial score (nSPS) is 19.7. The van der Waals surface area contributed by atoms with Gasteiger partial charge in [0.25, 0.3) is 8.32 Å². The Balaban J connectivity index is 1.46. The molecule has 0 radical (unpaired) electrons. The van der Waals surface area contributed by atoms with E-state index in [1.165, 1.54) is 16.4 Å². The molecule has 1 saturated heterocycles. The van der Waals surface area contributed by atoms with Gasteiger partial charge in [0.2, 0.25) is 0 Å². The maximum absolute atomic E-state index is 14.1. The summed E-state index contributed by atoms with van der Waals surface area (Å²) >= 11 is 0. The maximum atomic E-state index is 14.1. The third kappa shape index (κ3) is 6.07. The van der Waals surface area contributed by atoms with Gasteiger partial charge >= 0.3 is 0 Å². The number of ether oxygens (including phenoxy) is 2. The molecular formula is C34H37FO3Si. The molecule has 4 aromatic carbocycles. The average molecular weight is 541 g/mol. The summed E-state index contributed by atoms with van der Waals surface area (Å²) in [6, 6.07) is 38.1. The van der Waals surface area contributed by atoms with Gasteiger partial charge in [-0.25, -0.2) is 4.39 Å². The molecule has 0 amide bonds. The van der Waals surface area contributed by atoms with E-state index in [9.17, 15) is 4.39 Å². The van der Waals surface area contributed by atoms with Gasteiger partial charge in [-0.05, 0) is 38.7 Å². The minimum atomic E-state index is -2.74. The Kier molecular flexibility index (Phi) is 8.43. The fourth-order valence-electron chi connectivity index (χ4n) is 5.71. The largest absolute Gasteiger partial charge is 0.405 e. The zero-order valence-corrected chi connectivity index (χ0v) is 23.9. The standard InChI is InChI=1S/C34H37FO3Si/c1-34(2,3)39(29-18-9-5-10-19-29,30-20-11-6-12-21-30)37-25-33-32(36-24-26-14-7-4-8-15-26)23-31(38-33)27-16-13-17-28(35)22-27/h4-22,31-33H,23-25H2,1-3H3/t31-,32+,33-/m1/s1. The summed E-state index contributed by atoms with van der Waals surface area (Å²) in [5.74, 6) is -0.259. The highest BCUT2D eigenvalue weighted by Gasteiger charge is 2.51. The van der Waals surface area contributed by atoms with E-state index < -0.39 is 8.32 Å². The topological polar surface area (TPSA) is 27.7 Å². The molecule has 3 nitrogen and oxygen atoms in total. The first kappa shape index (κ1) is 27.5. The molecule has 0 spiro atoms. The maximum Gasteiger partial charge on any atom is 0.261 e. The summed E-state index contributed by atoms with van der Waals surface area (Å²) < 4.78 is 34.3. The second-order valence-corrected chi connectivity index (χ2v) is 15.6. The van der Waals surface area contributed by atoms with Gasteiger partial charge in [0.15, 0.2) is 0 Å². The van der Waals surface area contributed by atoms with Crippen LogP contribution >= 0.6 is 0 Å². The second-order valence-electron chi connectivity index (χ2n) is 11.3. The zero-order chi connectivity index (χ0) is 27.3. The van der Waals surface area contributed by atoms with Gasteiger partial charge in [0.1, 0.15) is 11.9 Å². The number of hydrogen-bond acceptors (Lipinski definition) is 3. The molecule has 1 heterocycles. The van der Waals surface area contributed by atoms with Crippen LogP contribution in [0.2, 0.25) is 5.04 Å². The first-order valence-corrected chi connectivity index (χ1v) is 15.6. The molecule has 5 rings (SSSR count). The molecule has 5 heteroatoms. The molecule has 0 bridgehead atoms. The van der Waals surface area contributed by atoms with Crippen molar-refractivity contribution in [1.82, 2.24) is 0 Å². The number of hydrogen-bond donors (Lipinski definition) is 0. The molecule has 3 atom stereocenters. The van der Waals surface area contributed by atoms with Crippen molar-refractivity contribution in [3.8, 4) is 0 Å². The van der Waals surface area contributed by atoms with Gasteiger partial charge in [0, 0.05) is 6.42 Å². The first-order valence-electron chi connectivity index (χ1n) is 13.7. The lowest BCUT2D eigenvalue weighted by Crippen LogP contribution is -2.67. The predicted octanol–water partition coefficient (Wildman–Crippen LogP) is 6.82. The van der Waals surface area contributed by atoms with Crippen LogP contribution < -0.4 is 10.4 Å². The summed E-state index contributed by atoms with van der Waals surface area (Å²) in [6.45, 7) is 7.69. The summed E-state index contributed by atoms with van der Waals surface area (Å²) in [5, 5.41) is 2.31. The van der Waals surface area contributed by atoms with Crippen molar-refractivity contribution in [3.63, 3.8) is 0 Å². The Hall–Kier alpha value is -3.09. The molecule has 0 N–H and O–H groups in total. The molecule has 1 aliphatic heterocycles. The lowest BCUT2D eigenvalue weighted by molar-refractivity contribution is -0.0494. The number of benzene rings is 4. The van der Waals surface area contributed by atoms with Gasteiger partial charge < -0.3 is 13.9 Å². The van der Waals surface area contributed by atoms with Crippen LogP contribution in [0, 0.1) is 5.82 Å². The van der Waals surface area contributed by atoms with E-state index in [-0.39, 0.29) is 29.2 Å². The summed E-state index contributed by atoms with van der Waals surface area (Å²) in [5.41, 5.74) is 1.94. The predicted molar refractivity (Wildman–Crippen MR) is 157 cm³/mol. The van der Waals surface area contributed by atoms with Crippen molar-refractivity contribution in [1.29, 1.82) is 0 Å². The molecule has 0 unspecified atom stereocenters. The fourth-order valence-corrected chi connectivity index (χ4v) is 10.3. The van der Waals surface area contributed by atoms with Gasteiger partial charge in [-0.15, -0.1) is 0 Å². The fraction of sp³-hybridized carbons (Fsp3) is 0.294. The minimum Gasteiger partial charge on any atom is -0.405 e. The second kappa shape index (κ2) is 12.0. The molecule has 1 aliphatic rings. The quantitative estimate of drug-likeness (QED) is 0.218. The lowest BCUT2D eigenvalue weighted by atomic mass is 10.0. The minimum absolute atomic E-state index is 0.142. The van der Waals surface area contributed by atoms with Crippen LogP contribution in [0.5, 0.6) is 0 Å². The van der Waals surface area contributed by atoms with Crippen LogP contribution in [0.1, 0.15) is 44.4 Å². The van der Waals surface area contributed by atoms with E-state index in [1.54, 1.807) is 12.1 Å². The van der Waals surface area contributed by atoms with Crippen molar-refractivity contribution < 1.29 is 18.3 Å². The number of halogens is 1. The van der Waals surface area contributed by atoms with Crippen LogP contribution in [0.25, 0.3) is 0 Å². The van der Waals surface area contributed by atoms with E-state index >= 15 is 0 Å². The van der Waals surface area contributed by atoms with E-state index in [1.807, 2.05) is 36.4 Å². The van der Waals surface area contributed by atoms with Crippen LogP contribution in [-0.4, -0.2) is 27.1 Å². The monoisotopic (exact) mass is 540 g/mol. The zero-order valence-electron chi connectivity index (χ0n) is 22.9. The molecule has 0 saturated carbocycles. The van der Waals surface area contributed by atoms with E-state index in [2.05, 4.69) is 81.4 Å². The van der Waals surface area contributed by atoms with Crippen molar-refractivity contribution in [3.05, 3.63) is 132 Å². The van der Waals surface area contributed by atoms with Crippen LogP contribution in [0.3, 0.4) is 0 Å². The van der Waals surface area contributed by atoms with Crippen LogP contribution in [0.15, 0.2) is 115 Å². The van der Waals surface area contributed by atoms with Crippen LogP contribution in [0.4, 0.5) is 4.39 Å². The van der Waals surface area contributed by atoms with Crippen molar-refractivity contribution in [2.75, 3.05) is 6.61 Å². The molecule has 1 fully saturated rings. The Bertz CT molecular complexity index is 1290. The third-order valence-corrected chi connectivity index (χ3v) is 12.6. The lowest BCUT2D eigenvalue weighted by Gasteiger charge is -2.43. The Morgan fingerprint density at radius 1 is 0.795 bits per heavy atom. The van der Waals surface area contributed by atoms with E-state index in [0.29, 0.717) is 19.6 Å². The van der Waals surface area contributed by atoms with Crippen molar-refractivity contribution in [2.24, 2.45) is 0 Å². The highest BCUT2D eigenvalue weighted by molar-refractivity contribution is 6.99.